The van der Waals surface area contributed by atoms with E-state index in [9.17, 15) is 8.42 Å². The molecule has 13 heavy (non-hydrogen) atoms. The molecule has 1 heterocycles. The Hall–Kier alpha value is 1.20. The van der Waals surface area contributed by atoms with Gasteiger partial charge >= 0.3 is 59.1 Å². The molecule has 11 heteroatoms. The fraction of sp³-hybridized carbons (Fsp3) is 0.500. The Morgan fingerprint density at radius 2 is 2.15 bits per heavy atom. The first-order valence-corrected chi connectivity index (χ1v) is 4.44. The SMILES string of the molecule is O=S(=O)(O)Cn1[nH]nnc1=S.[H-].[H-].[Na+].[Na+]. The van der Waals surface area contributed by atoms with Gasteiger partial charge in [-0.25, -0.2) is 4.68 Å². The summed E-state index contributed by atoms with van der Waals surface area (Å²) in [6, 6.07) is 0. The van der Waals surface area contributed by atoms with Crippen molar-refractivity contribution in [3.8, 4) is 0 Å². The maximum absolute atomic E-state index is 10.3. The van der Waals surface area contributed by atoms with Crippen molar-refractivity contribution in [3.63, 3.8) is 0 Å². The van der Waals surface area contributed by atoms with E-state index in [1.54, 1.807) is 0 Å². The van der Waals surface area contributed by atoms with Gasteiger partial charge in [0.2, 0.25) is 4.77 Å². The average Bonchev–Trinajstić information content (AvgIpc) is 2.12. The molecule has 7 nitrogen and oxygen atoms in total. The molecule has 0 aliphatic carbocycles. The maximum atomic E-state index is 10.3. The molecule has 0 saturated carbocycles. The van der Waals surface area contributed by atoms with Gasteiger partial charge in [-0.1, -0.05) is 10.3 Å². The molecule has 0 atom stereocenters. The molecule has 0 aromatic carbocycles. The third-order valence-corrected chi connectivity index (χ3v) is 1.71. The van der Waals surface area contributed by atoms with E-state index in [0.717, 1.165) is 4.68 Å². The molecule has 0 fully saturated rings. The molecular formula is C2H6N4Na2O3S2. The Balaban J connectivity index is -0.000000151. The molecule has 0 spiro atoms. The molecule has 1 aromatic heterocycles. The van der Waals surface area contributed by atoms with Gasteiger partial charge in [-0.15, -0.1) is 0 Å². The number of rotatable bonds is 2. The van der Waals surface area contributed by atoms with Crippen LogP contribution in [0.25, 0.3) is 0 Å². The molecule has 66 valence electrons. The number of tetrazole rings is 1. The van der Waals surface area contributed by atoms with Crippen LogP contribution >= 0.6 is 12.2 Å². The zero-order chi connectivity index (χ0) is 8.48. The van der Waals surface area contributed by atoms with Crippen molar-refractivity contribution in [3.05, 3.63) is 4.77 Å². The summed E-state index contributed by atoms with van der Waals surface area (Å²) in [5.74, 6) is -0.654. The first-order valence-electron chi connectivity index (χ1n) is 2.42. The summed E-state index contributed by atoms with van der Waals surface area (Å²) in [6.07, 6.45) is 0. The molecule has 0 radical (unpaired) electrons. The Morgan fingerprint density at radius 1 is 1.62 bits per heavy atom. The van der Waals surface area contributed by atoms with Crippen molar-refractivity contribution < 1.29 is 74.9 Å². The molecule has 0 aliphatic rings. The van der Waals surface area contributed by atoms with E-state index in [1.165, 1.54) is 0 Å². The van der Waals surface area contributed by atoms with Crippen molar-refractivity contribution in [2.75, 3.05) is 0 Å². The largest absolute Gasteiger partial charge is 1.00 e. The summed E-state index contributed by atoms with van der Waals surface area (Å²) in [5.41, 5.74) is 0. The quantitative estimate of drug-likeness (QED) is 0.305. The number of nitrogens with one attached hydrogen (secondary N) is 1. The van der Waals surface area contributed by atoms with Gasteiger partial charge in [-0.3, -0.25) is 4.55 Å². The minimum atomic E-state index is -4.08. The van der Waals surface area contributed by atoms with Gasteiger partial charge in [0.05, 0.1) is 0 Å². The van der Waals surface area contributed by atoms with Crippen molar-refractivity contribution in [1.82, 2.24) is 20.2 Å². The summed E-state index contributed by atoms with van der Waals surface area (Å²) in [7, 11) is -4.08. The van der Waals surface area contributed by atoms with Crippen LogP contribution in [0.1, 0.15) is 2.85 Å². The molecule has 1 rings (SSSR count). The van der Waals surface area contributed by atoms with E-state index in [0.29, 0.717) is 0 Å². The van der Waals surface area contributed by atoms with Crippen LogP contribution in [-0.2, 0) is 16.0 Å². The number of hydrogen-bond donors (Lipinski definition) is 2. The smallest absolute Gasteiger partial charge is 1.00 e. The predicted octanol–water partition coefficient (Wildman–Crippen LogP) is -6.59. The van der Waals surface area contributed by atoms with E-state index >= 15 is 0 Å². The molecular weight excluding hydrogens is 238 g/mol. The normalized spacial score (nSPS) is 9.92. The third-order valence-electron chi connectivity index (χ3n) is 0.824. The van der Waals surface area contributed by atoms with Crippen LogP contribution in [-0.4, -0.2) is 33.2 Å². The van der Waals surface area contributed by atoms with Crippen molar-refractivity contribution in [2.24, 2.45) is 0 Å². The van der Waals surface area contributed by atoms with Gasteiger partial charge in [0.15, 0.2) is 5.88 Å². The summed E-state index contributed by atoms with van der Waals surface area (Å²) < 4.78 is 29.8. The molecule has 0 saturated heterocycles. The van der Waals surface area contributed by atoms with Crippen molar-refractivity contribution in [2.45, 2.75) is 5.88 Å². The number of hydrogen-bond acceptors (Lipinski definition) is 5. The first-order chi connectivity index (χ1) is 4.99. The zero-order valence-corrected chi connectivity index (χ0v) is 12.8. The van der Waals surface area contributed by atoms with E-state index < -0.39 is 16.0 Å². The van der Waals surface area contributed by atoms with Crippen LogP contribution < -0.4 is 59.1 Å². The van der Waals surface area contributed by atoms with E-state index in [1.807, 2.05) is 0 Å². The standard InChI is InChI=1S/C2H4N4O3S2.2Na.2H/c7-11(8,9)1-6-2(10)3-4-5-6;;;;/h1H2,(H,3,5,10)(H,7,8,9);;;;/q;2*+1;2*-1. The molecule has 0 amide bonds. The fourth-order valence-electron chi connectivity index (χ4n) is 0.463. The van der Waals surface area contributed by atoms with Gasteiger partial charge in [0.1, 0.15) is 0 Å². The van der Waals surface area contributed by atoms with Gasteiger partial charge in [-0.05, 0) is 12.2 Å². The van der Waals surface area contributed by atoms with Crippen molar-refractivity contribution in [1.29, 1.82) is 0 Å². The van der Waals surface area contributed by atoms with Gasteiger partial charge in [0, 0.05) is 0 Å². The minimum Gasteiger partial charge on any atom is -1.00 e. The summed E-state index contributed by atoms with van der Waals surface area (Å²) in [6.45, 7) is 0. The molecule has 0 bridgehead atoms. The monoisotopic (exact) mass is 244 g/mol. The predicted molar refractivity (Wildman–Crippen MR) is 39.0 cm³/mol. The number of nitrogens with zero attached hydrogens (tertiary/aromatic N) is 3. The minimum absolute atomic E-state index is 0. The molecule has 1 aromatic rings. The zero-order valence-electron chi connectivity index (χ0n) is 9.13. The van der Waals surface area contributed by atoms with Crippen LogP contribution in [0.4, 0.5) is 0 Å². The first kappa shape index (κ1) is 16.6. The Bertz CT molecular complexity index is 404. The van der Waals surface area contributed by atoms with Crippen LogP contribution in [0, 0.1) is 4.77 Å². The summed E-state index contributed by atoms with van der Waals surface area (Å²) >= 11 is 4.54. The van der Waals surface area contributed by atoms with Gasteiger partial charge in [-0.2, -0.15) is 13.6 Å². The van der Waals surface area contributed by atoms with Crippen LogP contribution in [0.15, 0.2) is 0 Å². The topological polar surface area (TPSA) is 101 Å². The van der Waals surface area contributed by atoms with E-state index in [2.05, 4.69) is 27.7 Å². The number of aromatic amines is 1. The Morgan fingerprint density at radius 3 is 2.46 bits per heavy atom. The number of aromatic nitrogens is 4. The van der Waals surface area contributed by atoms with Crippen LogP contribution in [0.3, 0.4) is 0 Å². The van der Waals surface area contributed by atoms with E-state index in [-0.39, 0.29) is 66.7 Å². The molecule has 2 N–H and O–H groups in total. The van der Waals surface area contributed by atoms with Gasteiger partial charge in [0.25, 0.3) is 10.1 Å². The molecule has 0 unspecified atom stereocenters. The average molecular weight is 244 g/mol. The maximum Gasteiger partial charge on any atom is 1.00 e. The second kappa shape index (κ2) is 6.64. The summed E-state index contributed by atoms with van der Waals surface area (Å²) in [5, 5.41) is 8.69. The fourth-order valence-corrected chi connectivity index (χ4v) is 1.20. The van der Waals surface area contributed by atoms with Crippen LogP contribution in [0.5, 0.6) is 0 Å². The third kappa shape index (κ3) is 6.31. The Kier molecular flexibility index (Phi) is 8.49. The number of H-pyrrole nitrogens is 1. The molecule has 0 aliphatic heterocycles. The van der Waals surface area contributed by atoms with Gasteiger partial charge < -0.3 is 2.85 Å². The second-order valence-corrected chi connectivity index (χ2v) is 3.51. The second-order valence-electron chi connectivity index (χ2n) is 1.72. The van der Waals surface area contributed by atoms with E-state index in [4.69, 9.17) is 4.55 Å². The Labute approximate surface area is 127 Å². The van der Waals surface area contributed by atoms with Crippen molar-refractivity contribution >= 4 is 22.3 Å². The van der Waals surface area contributed by atoms with Crippen LogP contribution in [0.2, 0.25) is 0 Å². The summed E-state index contributed by atoms with van der Waals surface area (Å²) in [4.78, 5) is 0.